The van der Waals surface area contributed by atoms with Gasteiger partial charge in [-0.2, -0.15) is 0 Å². The molecule has 0 unspecified atom stereocenters. The summed E-state index contributed by atoms with van der Waals surface area (Å²) in [7, 11) is 0. The van der Waals surface area contributed by atoms with Crippen LogP contribution in [0.1, 0.15) is 49.9 Å². The molecule has 2 nitrogen and oxygen atoms in total. The molecular formula is C11H26N2. The van der Waals surface area contributed by atoms with Crippen LogP contribution >= 0.6 is 0 Å². The second kappa shape index (κ2) is 5.79. The maximum atomic E-state index is 7.74. The van der Waals surface area contributed by atoms with Crippen LogP contribution in [0.2, 0.25) is 0 Å². The molecule has 0 fully saturated rings. The Balaban J connectivity index is -0.000000376. The highest BCUT2D eigenvalue weighted by Gasteiger charge is 2.18. The quantitative estimate of drug-likeness (QED) is 0.604. The van der Waals surface area contributed by atoms with Gasteiger partial charge in [0, 0.05) is 18.3 Å². The van der Waals surface area contributed by atoms with E-state index in [0.29, 0.717) is 5.71 Å². The van der Waals surface area contributed by atoms with E-state index in [9.17, 15) is 0 Å². The Hall–Kier alpha value is -0.790. The lowest BCUT2D eigenvalue weighted by atomic mass is 9.85. The summed E-state index contributed by atoms with van der Waals surface area (Å²) in [5, 5.41) is 7.74. The topological polar surface area (TPSA) is 49.9 Å². The van der Waals surface area contributed by atoms with Gasteiger partial charge in [0.15, 0.2) is 0 Å². The lowest BCUT2D eigenvalue weighted by Gasteiger charge is -2.20. The second-order valence-corrected chi connectivity index (χ2v) is 3.93. The number of hydrogen-bond acceptors (Lipinski definition) is 2. The Morgan fingerprint density at radius 1 is 1.15 bits per heavy atom. The SMILES string of the molecule is C/C(N)=C(\C)C(=N)C(C)(C)C.CC.[HH]. The molecule has 80 valence electrons. The molecule has 3 N–H and O–H groups in total. The molecule has 2 heteroatoms. The molecule has 0 aliphatic heterocycles. The van der Waals surface area contributed by atoms with E-state index in [1.165, 1.54) is 0 Å². The van der Waals surface area contributed by atoms with Crippen molar-refractivity contribution in [1.82, 2.24) is 0 Å². The third kappa shape index (κ3) is 5.45. The van der Waals surface area contributed by atoms with Crippen molar-refractivity contribution in [3.8, 4) is 0 Å². The van der Waals surface area contributed by atoms with Crippen LogP contribution in [-0.2, 0) is 0 Å². The van der Waals surface area contributed by atoms with Crippen LogP contribution in [0.4, 0.5) is 0 Å². The molecule has 0 aliphatic carbocycles. The molecule has 0 spiro atoms. The zero-order valence-corrected chi connectivity index (χ0v) is 10.1. The Bertz CT molecular complexity index is 196. The largest absolute Gasteiger partial charge is 0.402 e. The standard InChI is InChI=1S/C9H18N2.C2H6.H2/c1-6(7(2)10)8(11)9(3,4)5;1-2;/h11H,10H2,1-5H3;1-2H3;1H/b7-6-,11-8?;;. The third-order valence-electron chi connectivity index (χ3n) is 1.72. The predicted octanol–water partition coefficient (Wildman–Crippen LogP) is 3.58. The lowest BCUT2D eigenvalue weighted by molar-refractivity contribution is 0.586. The van der Waals surface area contributed by atoms with E-state index in [0.717, 1.165) is 11.3 Å². The van der Waals surface area contributed by atoms with E-state index >= 15 is 0 Å². The Labute approximate surface area is 84.2 Å². The highest BCUT2D eigenvalue weighted by atomic mass is 14.6. The van der Waals surface area contributed by atoms with Gasteiger partial charge in [0.25, 0.3) is 0 Å². The van der Waals surface area contributed by atoms with Gasteiger partial charge in [0.1, 0.15) is 0 Å². The van der Waals surface area contributed by atoms with Crippen LogP contribution in [0.15, 0.2) is 11.3 Å². The summed E-state index contributed by atoms with van der Waals surface area (Å²) < 4.78 is 0. The molecule has 13 heavy (non-hydrogen) atoms. The van der Waals surface area contributed by atoms with Gasteiger partial charge in [0.2, 0.25) is 0 Å². The summed E-state index contributed by atoms with van der Waals surface area (Å²) in [5.74, 6) is 0. The molecule has 0 aromatic carbocycles. The minimum Gasteiger partial charge on any atom is -0.402 e. The first kappa shape index (κ1) is 14.7. The van der Waals surface area contributed by atoms with Crippen LogP contribution in [-0.4, -0.2) is 5.71 Å². The normalized spacial score (nSPS) is 12.5. The molecule has 0 aliphatic rings. The molecule has 0 radical (unpaired) electrons. The van der Waals surface area contributed by atoms with Gasteiger partial charge in [-0.25, -0.2) is 0 Å². The van der Waals surface area contributed by atoms with Gasteiger partial charge in [-0.15, -0.1) is 0 Å². The molecule has 0 amide bonds. The predicted molar refractivity (Wildman–Crippen MR) is 63.2 cm³/mol. The minimum absolute atomic E-state index is 0. The molecular weight excluding hydrogens is 160 g/mol. The van der Waals surface area contributed by atoms with E-state index in [1.807, 2.05) is 48.5 Å². The molecule has 0 aromatic rings. The molecule has 0 saturated heterocycles. The smallest absolute Gasteiger partial charge is 0.0413 e. The summed E-state index contributed by atoms with van der Waals surface area (Å²) in [6.07, 6.45) is 0. The lowest BCUT2D eigenvalue weighted by Crippen LogP contribution is -2.22. The minimum atomic E-state index is -0.0925. The first-order valence-corrected chi connectivity index (χ1v) is 4.79. The van der Waals surface area contributed by atoms with Gasteiger partial charge in [0.05, 0.1) is 0 Å². The van der Waals surface area contributed by atoms with Gasteiger partial charge >= 0.3 is 0 Å². The Kier molecular flexibility index (Phi) is 6.55. The highest BCUT2D eigenvalue weighted by molar-refractivity contribution is 6.01. The van der Waals surface area contributed by atoms with Gasteiger partial charge in [-0.05, 0) is 19.4 Å². The van der Waals surface area contributed by atoms with E-state index in [-0.39, 0.29) is 6.84 Å². The van der Waals surface area contributed by atoms with Gasteiger partial charge in [-0.1, -0.05) is 34.6 Å². The zero-order chi connectivity index (χ0) is 11.2. The summed E-state index contributed by atoms with van der Waals surface area (Å²) >= 11 is 0. The van der Waals surface area contributed by atoms with E-state index in [1.54, 1.807) is 0 Å². The van der Waals surface area contributed by atoms with Crippen LogP contribution < -0.4 is 5.73 Å². The fraction of sp³-hybridized carbons (Fsp3) is 0.727. The van der Waals surface area contributed by atoms with Crippen molar-refractivity contribution >= 4 is 5.71 Å². The average Bonchev–Trinajstić information content (AvgIpc) is 2.03. The van der Waals surface area contributed by atoms with Crippen LogP contribution in [0.25, 0.3) is 0 Å². The van der Waals surface area contributed by atoms with E-state index in [4.69, 9.17) is 11.1 Å². The monoisotopic (exact) mass is 186 g/mol. The van der Waals surface area contributed by atoms with Crippen LogP contribution in [0.5, 0.6) is 0 Å². The fourth-order valence-electron chi connectivity index (χ4n) is 0.760. The molecule has 0 bridgehead atoms. The summed E-state index contributed by atoms with van der Waals surface area (Å²) in [6, 6.07) is 0. The molecule has 0 heterocycles. The number of rotatable bonds is 1. The zero-order valence-electron chi connectivity index (χ0n) is 10.1. The van der Waals surface area contributed by atoms with Crippen molar-refractivity contribution in [3.05, 3.63) is 11.3 Å². The van der Waals surface area contributed by atoms with Crippen molar-refractivity contribution in [2.45, 2.75) is 48.5 Å². The summed E-state index contributed by atoms with van der Waals surface area (Å²) in [4.78, 5) is 0. The third-order valence-corrected chi connectivity index (χ3v) is 1.72. The summed E-state index contributed by atoms with van der Waals surface area (Å²) in [6.45, 7) is 13.8. The molecule has 0 saturated carbocycles. The number of nitrogens with one attached hydrogen (secondary N) is 1. The molecule has 0 rings (SSSR count). The number of hydrogen-bond donors (Lipinski definition) is 2. The molecule has 0 aromatic heterocycles. The maximum Gasteiger partial charge on any atom is 0.0413 e. The first-order valence-electron chi connectivity index (χ1n) is 4.79. The van der Waals surface area contributed by atoms with Crippen LogP contribution in [0.3, 0.4) is 0 Å². The fourth-order valence-corrected chi connectivity index (χ4v) is 0.760. The average molecular weight is 186 g/mol. The first-order chi connectivity index (χ1) is 5.76. The number of allylic oxidation sites excluding steroid dienone is 2. The number of nitrogens with two attached hydrogens (primary N) is 1. The Morgan fingerprint density at radius 2 is 1.46 bits per heavy atom. The van der Waals surface area contributed by atoms with E-state index in [2.05, 4.69) is 0 Å². The van der Waals surface area contributed by atoms with Gasteiger partial charge < -0.3 is 11.1 Å². The van der Waals surface area contributed by atoms with Crippen molar-refractivity contribution in [3.63, 3.8) is 0 Å². The van der Waals surface area contributed by atoms with Crippen molar-refractivity contribution in [2.24, 2.45) is 11.1 Å². The van der Waals surface area contributed by atoms with Crippen molar-refractivity contribution in [1.29, 1.82) is 5.41 Å². The maximum absolute atomic E-state index is 7.74. The van der Waals surface area contributed by atoms with E-state index < -0.39 is 0 Å². The Morgan fingerprint density at radius 3 is 1.54 bits per heavy atom. The molecule has 0 atom stereocenters. The summed E-state index contributed by atoms with van der Waals surface area (Å²) in [5.41, 5.74) is 7.74. The second-order valence-electron chi connectivity index (χ2n) is 3.93. The van der Waals surface area contributed by atoms with Crippen molar-refractivity contribution < 1.29 is 1.43 Å². The van der Waals surface area contributed by atoms with Gasteiger partial charge in [-0.3, -0.25) is 0 Å². The highest BCUT2D eigenvalue weighted by Crippen LogP contribution is 2.20. The van der Waals surface area contributed by atoms with Crippen LogP contribution in [0, 0.1) is 10.8 Å². The van der Waals surface area contributed by atoms with Crippen molar-refractivity contribution in [2.75, 3.05) is 0 Å².